The lowest BCUT2D eigenvalue weighted by Gasteiger charge is -2.48. The van der Waals surface area contributed by atoms with Gasteiger partial charge in [-0.3, -0.25) is 9.69 Å². The Hall–Kier alpha value is -3.24. The number of aromatic nitrogens is 2. The molecule has 6 nitrogen and oxygen atoms in total. The predicted molar refractivity (Wildman–Crippen MR) is 126 cm³/mol. The molecule has 3 atom stereocenters. The molecule has 0 spiro atoms. The minimum absolute atomic E-state index is 0.0905. The van der Waals surface area contributed by atoms with Gasteiger partial charge in [0, 0.05) is 44.3 Å². The molecule has 1 aromatic carbocycles. The second-order valence-corrected chi connectivity index (χ2v) is 8.56. The summed E-state index contributed by atoms with van der Waals surface area (Å²) in [6.07, 6.45) is 0.943. The van der Waals surface area contributed by atoms with E-state index in [2.05, 4.69) is 40.4 Å². The largest absolute Gasteiger partial charge is 0.362 e. The molecule has 0 saturated carbocycles. The highest BCUT2D eigenvalue weighted by Crippen LogP contribution is 2.33. The summed E-state index contributed by atoms with van der Waals surface area (Å²) >= 11 is 0. The van der Waals surface area contributed by atoms with Crippen LogP contribution in [-0.2, 0) is 7.05 Å². The Balaban J connectivity index is 1.72. The third-order valence-electron chi connectivity index (χ3n) is 6.68. The number of aryl methyl sites for hydroxylation is 1. The van der Waals surface area contributed by atoms with Crippen LogP contribution in [0.1, 0.15) is 38.8 Å². The van der Waals surface area contributed by atoms with E-state index < -0.39 is 0 Å². The molecule has 32 heavy (non-hydrogen) atoms. The van der Waals surface area contributed by atoms with E-state index in [1.165, 1.54) is 12.1 Å². The van der Waals surface area contributed by atoms with E-state index in [4.69, 9.17) is 6.57 Å². The van der Waals surface area contributed by atoms with Crippen LogP contribution in [0.4, 0.5) is 15.9 Å². The zero-order valence-electron chi connectivity index (χ0n) is 18.9. The van der Waals surface area contributed by atoms with Crippen LogP contribution in [0.15, 0.2) is 47.3 Å². The van der Waals surface area contributed by atoms with Crippen LogP contribution in [-0.4, -0.2) is 39.6 Å². The predicted octanol–water partition coefficient (Wildman–Crippen LogP) is 4.67. The number of halogens is 1. The van der Waals surface area contributed by atoms with Crippen molar-refractivity contribution in [1.82, 2.24) is 14.5 Å². The molecule has 1 aliphatic heterocycles. The summed E-state index contributed by atoms with van der Waals surface area (Å²) in [6.45, 7) is 15.4. The fourth-order valence-corrected chi connectivity index (χ4v) is 4.75. The second-order valence-electron chi connectivity index (χ2n) is 8.56. The van der Waals surface area contributed by atoms with Gasteiger partial charge in [0.25, 0.3) is 11.4 Å². The van der Waals surface area contributed by atoms with Gasteiger partial charge in [-0.25, -0.2) is 4.39 Å². The van der Waals surface area contributed by atoms with Crippen molar-refractivity contribution in [1.29, 1.82) is 0 Å². The van der Waals surface area contributed by atoms with Crippen molar-refractivity contribution < 1.29 is 4.39 Å². The van der Waals surface area contributed by atoms with E-state index in [9.17, 15) is 9.18 Å². The Bertz CT molecular complexity index is 1230. The lowest BCUT2D eigenvalue weighted by Crippen LogP contribution is -2.58. The molecule has 1 saturated heterocycles. The van der Waals surface area contributed by atoms with E-state index in [1.54, 1.807) is 29.8 Å². The highest BCUT2D eigenvalue weighted by atomic mass is 19.1. The molecule has 4 rings (SSSR count). The van der Waals surface area contributed by atoms with Crippen molar-refractivity contribution >= 4 is 22.5 Å². The van der Waals surface area contributed by atoms with E-state index in [-0.39, 0.29) is 29.5 Å². The van der Waals surface area contributed by atoms with Gasteiger partial charge in [0.05, 0.1) is 11.2 Å². The number of nitrogens with zero attached hydrogens (tertiary/aromatic N) is 5. The van der Waals surface area contributed by atoms with Gasteiger partial charge in [0.2, 0.25) is 5.52 Å². The third kappa shape index (κ3) is 3.87. The maximum atomic E-state index is 13.4. The van der Waals surface area contributed by atoms with Crippen LogP contribution in [0.2, 0.25) is 0 Å². The highest BCUT2D eigenvalue weighted by molar-refractivity contribution is 5.89. The molecule has 0 N–H and O–H groups in total. The molecule has 166 valence electrons. The molecule has 2 aromatic heterocycles. The topological polar surface area (TPSA) is 45.7 Å². The summed E-state index contributed by atoms with van der Waals surface area (Å²) < 4.78 is 15.0. The molecular weight excluding hydrogens is 405 g/mol. The Morgan fingerprint density at radius 2 is 1.94 bits per heavy atom. The molecule has 3 aromatic rings. The SMILES string of the molecule is [C-]#[N+]c1ccc2c(n1)c(N1C[C@@H](CC)N(C(C)c3ccc(F)cc3)C[C@@H]1C)cc(=O)n2C. The summed E-state index contributed by atoms with van der Waals surface area (Å²) in [7, 11) is 1.73. The lowest BCUT2D eigenvalue weighted by molar-refractivity contribution is 0.106. The number of pyridine rings is 2. The lowest BCUT2D eigenvalue weighted by atomic mass is 9.98. The fraction of sp³-hybridized carbons (Fsp3) is 0.400. The minimum atomic E-state index is -0.227. The smallest absolute Gasteiger partial charge is 0.270 e. The van der Waals surface area contributed by atoms with Gasteiger partial charge < -0.3 is 14.3 Å². The highest BCUT2D eigenvalue weighted by Gasteiger charge is 2.35. The molecule has 0 amide bonds. The first-order valence-corrected chi connectivity index (χ1v) is 11.0. The normalized spacial score (nSPS) is 20.3. The fourth-order valence-electron chi connectivity index (χ4n) is 4.75. The summed E-state index contributed by atoms with van der Waals surface area (Å²) in [6, 6.07) is 12.4. The molecule has 0 radical (unpaired) electrons. The average Bonchev–Trinajstić information content (AvgIpc) is 2.81. The van der Waals surface area contributed by atoms with Gasteiger partial charge >= 0.3 is 0 Å². The van der Waals surface area contributed by atoms with Crippen LogP contribution in [0, 0.1) is 12.4 Å². The van der Waals surface area contributed by atoms with Crippen LogP contribution < -0.4 is 10.5 Å². The minimum Gasteiger partial charge on any atom is -0.362 e. The molecule has 7 heteroatoms. The molecule has 1 aliphatic rings. The van der Waals surface area contributed by atoms with Crippen LogP contribution in [0.25, 0.3) is 15.9 Å². The Labute approximate surface area is 187 Å². The van der Waals surface area contributed by atoms with Crippen molar-refractivity contribution in [2.75, 3.05) is 18.0 Å². The zero-order chi connectivity index (χ0) is 23.0. The first kappa shape index (κ1) is 22.0. The van der Waals surface area contributed by atoms with Gasteiger partial charge in [-0.15, -0.1) is 4.98 Å². The van der Waals surface area contributed by atoms with E-state index in [1.807, 2.05) is 12.1 Å². The molecule has 1 fully saturated rings. The number of rotatable bonds is 4. The molecule has 0 bridgehead atoms. The maximum Gasteiger partial charge on any atom is 0.270 e. The van der Waals surface area contributed by atoms with Gasteiger partial charge in [0.15, 0.2) is 0 Å². The summed E-state index contributed by atoms with van der Waals surface area (Å²) in [5.41, 5.74) is 3.19. The van der Waals surface area contributed by atoms with Crippen molar-refractivity contribution in [3.63, 3.8) is 0 Å². The van der Waals surface area contributed by atoms with E-state index in [0.717, 1.165) is 36.3 Å². The third-order valence-corrected chi connectivity index (χ3v) is 6.68. The van der Waals surface area contributed by atoms with Crippen LogP contribution in [0.3, 0.4) is 0 Å². The van der Waals surface area contributed by atoms with Crippen molar-refractivity contribution in [2.45, 2.75) is 45.3 Å². The quantitative estimate of drug-likeness (QED) is 0.561. The van der Waals surface area contributed by atoms with Crippen molar-refractivity contribution in [3.8, 4) is 0 Å². The second kappa shape index (κ2) is 8.71. The van der Waals surface area contributed by atoms with Crippen molar-refractivity contribution in [3.05, 3.63) is 75.6 Å². The summed E-state index contributed by atoms with van der Waals surface area (Å²) in [4.78, 5) is 25.5. The van der Waals surface area contributed by atoms with Crippen LogP contribution in [0.5, 0.6) is 0 Å². The number of hydrogen-bond donors (Lipinski definition) is 0. The standard InChI is InChI=1S/C25H28FN5O/c1-6-20-15-30(16(2)14-31(20)17(3)18-7-9-19(26)10-8-18)22-13-24(32)29(5)21-11-12-23(27-4)28-25(21)22/h7-13,16-17,20H,6,14-15H2,1-3,5H3/t16-,17?,20+/m0/s1. The Kier molecular flexibility index (Phi) is 5.98. The maximum absolute atomic E-state index is 13.4. The first-order valence-electron chi connectivity index (χ1n) is 11.0. The van der Waals surface area contributed by atoms with Crippen LogP contribution >= 0.6 is 0 Å². The van der Waals surface area contributed by atoms with E-state index in [0.29, 0.717) is 11.3 Å². The monoisotopic (exact) mass is 433 g/mol. The van der Waals surface area contributed by atoms with Gasteiger partial charge in [-0.1, -0.05) is 25.6 Å². The Morgan fingerprint density at radius 1 is 1.22 bits per heavy atom. The first-order chi connectivity index (χ1) is 15.3. The number of benzene rings is 1. The van der Waals surface area contributed by atoms with E-state index >= 15 is 0 Å². The van der Waals surface area contributed by atoms with Crippen molar-refractivity contribution in [2.24, 2.45) is 7.05 Å². The molecular formula is C25H28FN5O. The number of fused-ring (bicyclic) bond motifs is 1. The van der Waals surface area contributed by atoms with Gasteiger partial charge in [-0.05, 0) is 50.1 Å². The number of piperazine rings is 1. The summed E-state index contributed by atoms with van der Waals surface area (Å²) in [5.74, 6) is 0.0932. The number of hydrogen-bond acceptors (Lipinski definition) is 4. The molecule has 3 heterocycles. The molecule has 1 unspecified atom stereocenters. The average molecular weight is 434 g/mol. The number of anilines is 1. The zero-order valence-corrected chi connectivity index (χ0v) is 18.9. The van der Waals surface area contributed by atoms with Gasteiger partial charge in [-0.2, -0.15) is 0 Å². The Morgan fingerprint density at radius 3 is 2.59 bits per heavy atom. The molecule has 0 aliphatic carbocycles. The summed E-state index contributed by atoms with van der Waals surface area (Å²) in [5, 5.41) is 0. The van der Waals surface area contributed by atoms with Gasteiger partial charge in [0.1, 0.15) is 5.82 Å².